The summed E-state index contributed by atoms with van der Waals surface area (Å²) < 4.78 is 27.7. The summed E-state index contributed by atoms with van der Waals surface area (Å²) in [6.07, 6.45) is 4.73. The average Bonchev–Trinajstić information content (AvgIpc) is 3.57. The zero-order valence-electron chi connectivity index (χ0n) is 17.2. The van der Waals surface area contributed by atoms with Gasteiger partial charge in [0.2, 0.25) is 5.91 Å². The summed E-state index contributed by atoms with van der Waals surface area (Å²) in [5.74, 6) is 0.504. The summed E-state index contributed by atoms with van der Waals surface area (Å²) in [5.41, 5.74) is 2.87. The molecule has 0 saturated heterocycles. The molecule has 1 saturated carbocycles. The largest absolute Gasteiger partial charge is 0.346 e. The third kappa shape index (κ3) is 4.26. The second kappa shape index (κ2) is 8.03. The van der Waals surface area contributed by atoms with Crippen molar-refractivity contribution in [1.82, 2.24) is 15.0 Å². The summed E-state index contributed by atoms with van der Waals surface area (Å²) in [6.45, 7) is 0. The number of anilines is 2. The number of fused-ring (bicyclic) bond motifs is 1. The van der Waals surface area contributed by atoms with Gasteiger partial charge in [-0.2, -0.15) is 5.26 Å². The van der Waals surface area contributed by atoms with Gasteiger partial charge in [0.15, 0.2) is 0 Å². The third-order valence-electron chi connectivity index (χ3n) is 5.34. The molecule has 0 bridgehead atoms. The number of benzene rings is 1. The Balaban J connectivity index is 1.41. The van der Waals surface area contributed by atoms with Crippen LogP contribution in [0.1, 0.15) is 18.5 Å². The van der Waals surface area contributed by atoms with Gasteiger partial charge in [0.05, 0.1) is 0 Å². The Morgan fingerprint density at radius 3 is 2.58 bits per heavy atom. The van der Waals surface area contributed by atoms with Gasteiger partial charge in [-0.05, 0) is 60.4 Å². The number of aromatic nitrogens is 3. The molecule has 3 N–H and O–H groups in total. The zero-order chi connectivity index (χ0) is 23.0. The van der Waals surface area contributed by atoms with Crippen molar-refractivity contribution in [3.05, 3.63) is 66.6 Å². The predicted molar refractivity (Wildman–Crippen MR) is 123 cm³/mol. The Morgan fingerprint density at radius 1 is 1.12 bits per heavy atom. The molecule has 1 aromatic carbocycles. The highest BCUT2D eigenvalue weighted by Gasteiger charge is 2.30. The lowest BCUT2D eigenvalue weighted by atomic mass is 10.0. The fourth-order valence-corrected chi connectivity index (χ4v) is 4.45. The Kier molecular flexibility index (Phi) is 5.03. The fraction of sp³-hybridized carbons (Fsp3) is 0.130. The summed E-state index contributed by atoms with van der Waals surface area (Å²) in [5, 5.41) is 12.6. The minimum absolute atomic E-state index is 0.0265. The van der Waals surface area contributed by atoms with Crippen molar-refractivity contribution in [1.29, 1.82) is 5.26 Å². The van der Waals surface area contributed by atoms with E-state index in [1.807, 2.05) is 18.2 Å². The predicted octanol–water partition coefficient (Wildman–Crippen LogP) is 3.65. The van der Waals surface area contributed by atoms with Gasteiger partial charge in [-0.25, -0.2) is 18.4 Å². The van der Waals surface area contributed by atoms with Gasteiger partial charge >= 0.3 is 0 Å². The van der Waals surface area contributed by atoms with E-state index in [0.29, 0.717) is 17.2 Å². The van der Waals surface area contributed by atoms with Gasteiger partial charge in [-0.1, -0.05) is 12.1 Å². The maximum Gasteiger partial charge on any atom is 0.263 e. The van der Waals surface area contributed by atoms with Crippen molar-refractivity contribution in [3.8, 4) is 17.2 Å². The topological polar surface area (TPSA) is 141 Å². The van der Waals surface area contributed by atoms with Gasteiger partial charge in [-0.3, -0.25) is 9.52 Å². The molecule has 1 fully saturated rings. The lowest BCUT2D eigenvalue weighted by Crippen LogP contribution is -2.14. The van der Waals surface area contributed by atoms with Crippen LogP contribution in [-0.4, -0.2) is 29.3 Å². The molecule has 4 aromatic rings. The molecule has 3 aromatic heterocycles. The summed E-state index contributed by atoms with van der Waals surface area (Å²) in [4.78, 5) is 23.5. The minimum atomic E-state index is -3.85. The van der Waals surface area contributed by atoms with Crippen LogP contribution in [0.3, 0.4) is 0 Å². The van der Waals surface area contributed by atoms with E-state index >= 15 is 0 Å². The normalized spacial score (nSPS) is 13.4. The van der Waals surface area contributed by atoms with E-state index in [4.69, 9.17) is 5.26 Å². The first-order valence-corrected chi connectivity index (χ1v) is 11.7. The second-order valence-electron chi connectivity index (χ2n) is 7.73. The van der Waals surface area contributed by atoms with Crippen LogP contribution >= 0.6 is 0 Å². The zero-order valence-corrected chi connectivity index (χ0v) is 18.1. The third-order valence-corrected chi connectivity index (χ3v) is 6.70. The van der Waals surface area contributed by atoms with Gasteiger partial charge in [0.25, 0.3) is 10.0 Å². The van der Waals surface area contributed by atoms with Crippen LogP contribution in [0, 0.1) is 17.2 Å². The molecule has 10 heteroatoms. The van der Waals surface area contributed by atoms with E-state index in [0.717, 1.165) is 35.6 Å². The van der Waals surface area contributed by atoms with Crippen molar-refractivity contribution in [2.24, 2.45) is 5.92 Å². The first-order valence-electron chi connectivity index (χ1n) is 10.2. The first-order chi connectivity index (χ1) is 15.9. The van der Waals surface area contributed by atoms with E-state index in [9.17, 15) is 13.2 Å². The van der Waals surface area contributed by atoms with E-state index in [-0.39, 0.29) is 22.4 Å². The molecule has 0 unspecified atom stereocenters. The van der Waals surface area contributed by atoms with Crippen LogP contribution in [0.5, 0.6) is 0 Å². The Bertz CT molecular complexity index is 1500. The van der Waals surface area contributed by atoms with Crippen molar-refractivity contribution in [2.75, 3.05) is 10.0 Å². The molecule has 1 amide bonds. The molecule has 9 nitrogen and oxygen atoms in total. The van der Waals surface area contributed by atoms with E-state index in [1.165, 1.54) is 12.1 Å². The molecule has 3 heterocycles. The van der Waals surface area contributed by atoms with Gasteiger partial charge in [-0.15, -0.1) is 0 Å². The van der Waals surface area contributed by atoms with Gasteiger partial charge < -0.3 is 10.3 Å². The number of nitrogens with one attached hydrogen (secondary N) is 3. The Morgan fingerprint density at radius 2 is 1.91 bits per heavy atom. The van der Waals surface area contributed by atoms with E-state index < -0.39 is 10.0 Å². The van der Waals surface area contributed by atoms with Gasteiger partial charge in [0.1, 0.15) is 28.1 Å². The maximum atomic E-state index is 12.6. The lowest BCUT2D eigenvalue weighted by molar-refractivity contribution is -0.117. The van der Waals surface area contributed by atoms with E-state index in [1.54, 1.807) is 30.5 Å². The number of carbonyl (C=O) groups excluding carboxylic acids is 1. The molecule has 0 atom stereocenters. The SMILES string of the molecule is N#Cc1ccc(S(=O)(=O)Nc2ccc(-c3cc(NC(=O)C4CC4)nc4[nH]ccc34)cc2)cn1. The quantitative estimate of drug-likeness (QED) is 0.403. The maximum absolute atomic E-state index is 12.6. The lowest BCUT2D eigenvalue weighted by Gasteiger charge is -2.11. The number of nitrogens with zero attached hydrogens (tertiary/aromatic N) is 3. The van der Waals surface area contributed by atoms with Crippen LogP contribution < -0.4 is 10.0 Å². The molecule has 5 rings (SSSR count). The number of pyridine rings is 2. The van der Waals surface area contributed by atoms with Crippen LogP contribution in [0.4, 0.5) is 11.5 Å². The smallest absolute Gasteiger partial charge is 0.263 e. The Labute approximate surface area is 189 Å². The number of hydrogen-bond donors (Lipinski definition) is 3. The number of amides is 1. The summed E-state index contributed by atoms with van der Waals surface area (Å²) >= 11 is 0. The highest BCUT2D eigenvalue weighted by Crippen LogP contribution is 2.33. The monoisotopic (exact) mass is 458 g/mol. The van der Waals surface area contributed by atoms with Gasteiger partial charge in [0, 0.05) is 29.4 Å². The molecule has 164 valence electrons. The van der Waals surface area contributed by atoms with Crippen molar-refractivity contribution in [3.63, 3.8) is 0 Å². The highest BCUT2D eigenvalue weighted by atomic mass is 32.2. The molecular formula is C23H18N6O3S. The van der Waals surface area contributed by atoms with Crippen molar-refractivity contribution in [2.45, 2.75) is 17.7 Å². The van der Waals surface area contributed by atoms with Crippen LogP contribution in [0.2, 0.25) is 0 Å². The Hall–Kier alpha value is -4.23. The van der Waals surface area contributed by atoms with Crippen molar-refractivity contribution >= 4 is 38.5 Å². The van der Waals surface area contributed by atoms with Crippen LogP contribution in [-0.2, 0) is 14.8 Å². The average molecular weight is 459 g/mol. The van der Waals surface area contributed by atoms with Crippen LogP contribution in [0.25, 0.3) is 22.2 Å². The number of carbonyl (C=O) groups is 1. The standard InChI is InChI=1S/C23H18N6O3S/c24-12-17-7-8-18(13-26-17)33(31,32)29-16-5-3-14(4-6-16)20-11-21(28-23(30)15-1-2-15)27-22-19(20)9-10-25-22/h3-11,13,15,29H,1-2H2,(H2,25,27,28,30). The number of rotatable bonds is 6. The minimum Gasteiger partial charge on any atom is -0.346 e. The number of H-pyrrole nitrogens is 1. The van der Waals surface area contributed by atoms with E-state index in [2.05, 4.69) is 25.0 Å². The number of aromatic amines is 1. The molecule has 1 aliphatic rings. The van der Waals surface area contributed by atoms with Crippen molar-refractivity contribution < 1.29 is 13.2 Å². The molecule has 1 aliphatic carbocycles. The number of nitriles is 1. The second-order valence-corrected chi connectivity index (χ2v) is 9.41. The number of sulfonamides is 1. The summed E-state index contributed by atoms with van der Waals surface area (Å²) in [7, 11) is -3.85. The summed E-state index contributed by atoms with van der Waals surface area (Å²) in [6, 6.07) is 15.2. The molecular weight excluding hydrogens is 440 g/mol. The molecule has 0 aliphatic heterocycles. The molecule has 0 spiro atoms. The number of hydrogen-bond acceptors (Lipinski definition) is 6. The fourth-order valence-electron chi connectivity index (χ4n) is 3.45. The molecule has 33 heavy (non-hydrogen) atoms. The molecule has 0 radical (unpaired) electrons. The van der Waals surface area contributed by atoms with Crippen LogP contribution in [0.15, 0.2) is 65.8 Å². The first kappa shape index (κ1) is 20.7. The highest BCUT2D eigenvalue weighted by molar-refractivity contribution is 7.92.